The van der Waals surface area contributed by atoms with E-state index in [9.17, 15) is 23.3 Å². The lowest BCUT2D eigenvalue weighted by Crippen LogP contribution is -2.57. The number of anilines is 1. The van der Waals surface area contributed by atoms with Gasteiger partial charge in [0.2, 0.25) is 5.91 Å². The van der Waals surface area contributed by atoms with E-state index in [2.05, 4.69) is 16.0 Å². The predicted octanol–water partition coefficient (Wildman–Crippen LogP) is 0.711. The summed E-state index contributed by atoms with van der Waals surface area (Å²) in [6, 6.07) is 6.19. The lowest BCUT2D eigenvalue weighted by atomic mass is 9.96. The minimum atomic E-state index is -3.56. The van der Waals surface area contributed by atoms with Crippen LogP contribution in [0.2, 0.25) is 0 Å². The van der Waals surface area contributed by atoms with Crippen LogP contribution < -0.4 is 16.0 Å². The number of rotatable bonds is 7. The van der Waals surface area contributed by atoms with Gasteiger partial charge in [-0.15, -0.1) is 12.4 Å². The number of nitrogens with zero attached hydrogens (tertiary/aromatic N) is 1. The Balaban J connectivity index is 0.00000338. The highest BCUT2D eigenvalue weighted by molar-refractivity contribution is 7.92. The number of nitrogens with one attached hydrogen (secondary N) is 3. The zero-order valence-electron chi connectivity index (χ0n) is 14.4. The van der Waals surface area contributed by atoms with Gasteiger partial charge in [0.15, 0.2) is 14.6 Å². The van der Waals surface area contributed by atoms with Gasteiger partial charge in [0.05, 0.1) is 4.92 Å². The van der Waals surface area contributed by atoms with Crippen molar-refractivity contribution in [3.8, 4) is 0 Å². The molecule has 0 atom stereocenters. The van der Waals surface area contributed by atoms with Crippen molar-refractivity contribution in [3.63, 3.8) is 0 Å². The normalized spacial score (nSPS) is 16.2. The SMILES string of the molecule is CS(=O)(=O)C1(C(=O)NCCNc2ccccc2[N+](=O)[O-])CCNCC1.Cl. The van der Waals surface area contributed by atoms with Gasteiger partial charge in [0.1, 0.15) is 5.69 Å². The maximum absolute atomic E-state index is 12.5. The lowest BCUT2D eigenvalue weighted by molar-refractivity contribution is -0.384. The third-order valence-electron chi connectivity index (χ3n) is 4.36. The summed E-state index contributed by atoms with van der Waals surface area (Å²) in [5.74, 6) is -0.513. The smallest absolute Gasteiger partial charge is 0.292 e. The first-order valence-electron chi connectivity index (χ1n) is 7.94. The molecule has 1 heterocycles. The van der Waals surface area contributed by atoms with Gasteiger partial charge in [-0.1, -0.05) is 12.1 Å². The number of amides is 1. The Morgan fingerprint density at radius 1 is 1.27 bits per heavy atom. The fraction of sp³-hybridized carbons (Fsp3) is 0.533. The number of carbonyl (C=O) groups excluding carboxylic acids is 1. The molecule has 9 nitrogen and oxygen atoms in total. The number of carbonyl (C=O) groups is 1. The third-order valence-corrected chi connectivity index (χ3v) is 6.37. The van der Waals surface area contributed by atoms with Crippen molar-refractivity contribution in [3.05, 3.63) is 34.4 Å². The van der Waals surface area contributed by atoms with Crippen molar-refractivity contribution >= 4 is 39.5 Å². The molecular weight excluding hydrogens is 384 g/mol. The Labute approximate surface area is 158 Å². The number of piperidine rings is 1. The molecule has 2 rings (SSSR count). The molecule has 11 heteroatoms. The van der Waals surface area contributed by atoms with Crippen molar-refractivity contribution in [1.82, 2.24) is 10.6 Å². The van der Waals surface area contributed by atoms with Gasteiger partial charge in [0.25, 0.3) is 5.69 Å². The van der Waals surface area contributed by atoms with E-state index in [1.807, 2.05) is 0 Å². The van der Waals surface area contributed by atoms with Gasteiger partial charge in [-0.2, -0.15) is 0 Å². The number of para-hydroxylation sites is 2. The van der Waals surface area contributed by atoms with E-state index in [4.69, 9.17) is 0 Å². The lowest BCUT2D eigenvalue weighted by Gasteiger charge is -2.34. The van der Waals surface area contributed by atoms with Crippen LogP contribution in [-0.2, 0) is 14.6 Å². The Morgan fingerprint density at radius 2 is 1.88 bits per heavy atom. The van der Waals surface area contributed by atoms with Crippen molar-refractivity contribution in [2.24, 2.45) is 0 Å². The molecule has 0 radical (unpaired) electrons. The second kappa shape index (κ2) is 9.15. The van der Waals surface area contributed by atoms with Crippen LogP contribution in [0.4, 0.5) is 11.4 Å². The Hall–Kier alpha value is -1.91. The second-order valence-corrected chi connectivity index (χ2v) is 8.30. The summed E-state index contributed by atoms with van der Waals surface area (Å²) < 4.78 is 22.9. The van der Waals surface area contributed by atoms with Crippen LogP contribution in [0.1, 0.15) is 12.8 Å². The first kappa shape index (κ1) is 22.1. The number of hydrogen-bond donors (Lipinski definition) is 3. The molecule has 1 aromatic carbocycles. The van der Waals surface area contributed by atoms with Crippen LogP contribution in [0.15, 0.2) is 24.3 Å². The molecule has 0 saturated carbocycles. The standard InChI is InChI=1S/C15H22N4O5S.ClH/c1-25(23,24)15(6-8-16-9-7-15)14(20)18-11-10-17-12-4-2-3-5-13(12)19(21)22;/h2-5,16-17H,6-11H2,1H3,(H,18,20);1H. The van der Waals surface area contributed by atoms with Crippen molar-refractivity contribution in [1.29, 1.82) is 0 Å². The molecule has 26 heavy (non-hydrogen) atoms. The maximum atomic E-state index is 12.5. The second-order valence-electron chi connectivity index (χ2n) is 5.97. The van der Waals surface area contributed by atoms with E-state index in [-0.39, 0.29) is 44.0 Å². The number of benzene rings is 1. The highest BCUT2D eigenvalue weighted by atomic mass is 35.5. The monoisotopic (exact) mass is 406 g/mol. The van der Waals surface area contributed by atoms with E-state index in [1.54, 1.807) is 18.2 Å². The summed E-state index contributed by atoms with van der Waals surface area (Å²) in [6.07, 6.45) is 1.55. The van der Waals surface area contributed by atoms with Gasteiger partial charge in [-0.3, -0.25) is 14.9 Å². The molecule has 146 valence electrons. The number of halogens is 1. The number of nitro groups is 1. The Bertz CT molecular complexity index is 750. The Morgan fingerprint density at radius 3 is 2.46 bits per heavy atom. The molecule has 0 aromatic heterocycles. The molecule has 3 N–H and O–H groups in total. The van der Waals surface area contributed by atoms with Crippen LogP contribution in [0.3, 0.4) is 0 Å². The van der Waals surface area contributed by atoms with Crippen LogP contribution in [0.25, 0.3) is 0 Å². The highest BCUT2D eigenvalue weighted by Gasteiger charge is 2.48. The average Bonchev–Trinajstić information content (AvgIpc) is 2.58. The van der Waals surface area contributed by atoms with Gasteiger partial charge in [-0.05, 0) is 32.0 Å². The van der Waals surface area contributed by atoms with Gasteiger partial charge >= 0.3 is 0 Å². The van der Waals surface area contributed by atoms with E-state index < -0.39 is 25.4 Å². The summed E-state index contributed by atoms with van der Waals surface area (Å²) >= 11 is 0. The fourth-order valence-corrected chi connectivity index (χ4v) is 4.27. The first-order valence-corrected chi connectivity index (χ1v) is 9.83. The van der Waals surface area contributed by atoms with Crippen LogP contribution in [0, 0.1) is 10.1 Å². The van der Waals surface area contributed by atoms with E-state index in [0.717, 1.165) is 6.26 Å². The molecule has 1 aromatic rings. The summed E-state index contributed by atoms with van der Waals surface area (Å²) in [5, 5.41) is 19.5. The highest BCUT2D eigenvalue weighted by Crippen LogP contribution is 2.28. The third kappa shape index (κ3) is 4.83. The molecule has 0 spiro atoms. The number of nitro benzene ring substituents is 1. The summed E-state index contributed by atoms with van der Waals surface area (Å²) in [4.78, 5) is 23.0. The molecule has 1 saturated heterocycles. The molecule has 0 aliphatic carbocycles. The molecule has 1 fully saturated rings. The van der Waals surface area contributed by atoms with Crippen LogP contribution >= 0.6 is 12.4 Å². The molecule has 0 bridgehead atoms. The van der Waals surface area contributed by atoms with Gasteiger partial charge in [-0.25, -0.2) is 8.42 Å². The topological polar surface area (TPSA) is 130 Å². The first-order chi connectivity index (χ1) is 11.8. The van der Waals surface area contributed by atoms with Gasteiger partial charge < -0.3 is 16.0 Å². The average molecular weight is 407 g/mol. The van der Waals surface area contributed by atoms with Crippen LogP contribution in [-0.4, -0.2) is 56.4 Å². The summed E-state index contributed by atoms with van der Waals surface area (Å²) in [7, 11) is -3.56. The predicted molar refractivity (Wildman–Crippen MR) is 102 cm³/mol. The molecule has 1 amide bonds. The minimum absolute atomic E-state index is 0. The van der Waals surface area contributed by atoms with Crippen molar-refractivity contribution in [2.45, 2.75) is 17.6 Å². The zero-order chi connectivity index (χ0) is 18.5. The fourth-order valence-electron chi connectivity index (χ4n) is 2.91. The summed E-state index contributed by atoms with van der Waals surface area (Å²) in [6.45, 7) is 1.34. The Kier molecular flexibility index (Phi) is 7.79. The van der Waals surface area contributed by atoms with E-state index in [1.165, 1.54) is 6.07 Å². The quantitative estimate of drug-likeness (QED) is 0.345. The van der Waals surface area contributed by atoms with Gasteiger partial charge in [0, 0.05) is 25.4 Å². The molecule has 1 aliphatic heterocycles. The zero-order valence-corrected chi connectivity index (χ0v) is 16.0. The number of hydrogen-bond acceptors (Lipinski definition) is 7. The molecule has 0 unspecified atom stereocenters. The van der Waals surface area contributed by atoms with E-state index in [0.29, 0.717) is 18.8 Å². The molecule has 1 aliphatic rings. The molecular formula is C15H23ClN4O5S. The van der Waals surface area contributed by atoms with E-state index >= 15 is 0 Å². The number of sulfone groups is 1. The van der Waals surface area contributed by atoms with Crippen molar-refractivity contribution < 1.29 is 18.1 Å². The largest absolute Gasteiger partial charge is 0.378 e. The summed E-state index contributed by atoms with van der Waals surface area (Å²) in [5.41, 5.74) is 0.293. The van der Waals surface area contributed by atoms with Crippen molar-refractivity contribution in [2.75, 3.05) is 37.8 Å². The van der Waals surface area contributed by atoms with Crippen LogP contribution in [0.5, 0.6) is 0 Å². The minimum Gasteiger partial charge on any atom is -0.378 e. The maximum Gasteiger partial charge on any atom is 0.292 e.